The first-order valence-electron chi connectivity index (χ1n) is 6.06. The van der Waals surface area contributed by atoms with E-state index in [9.17, 15) is 10.2 Å². The van der Waals surface area contributed by atoms with Gasteiger partial charge in [-0.05, 0) is 48.7 Å². The normalized spacial score (nSPS) is 17.5. The van der Waals surface area contributed by atoms with Gasteiger partial charge in [-0.15, -0.1) is 0 Å². The van der Waals surface area contributed by atoms with Crippen molar-refractivity contribution in [1.29, 1.82) is 0 Å². The summed E-state index contributed by atoms with van der Waals surface area (Å²) in [6.45, 7) is 0. The highest BCUT2D eigenvalue weighted by atomic mass is 35.5. The number of benzene rings is 2. The SMILES string of the molecule is Oc1ccc(Cl)cc1[C@H]1CCc2c(Cl)ccc(O)c21. The summed E-state index contributed by atoms with van der Waals surface area (Å²) >= 11 is 12.2. The number of phenols is 2. The van der Waals surface area contributed by atoms with Gasteiger partial charge in [0, 0.05) is 27.1 Å². The van der Waals surface area contributed by atoms with Crippen molar-refractivity contribution < 1.29 is 10.2 Å². The molecule has 0 amide bonds. The van der Waals surface area contributed by atoms with Gasteiger partial charge >= 0.3 is 0 Å². The van der Waals surface area contributed by atoms with Crippen LogP contribution < -0.4 is 0 Å². The first-order chi connectivity index (χ1) is 9.08. The van der Waals surface area contributed by atoms with Crippen LogP contribution in [0.2, 0.25) is 10.0 Å². The van der Waals surface area contributed by atoms with E-state index in [2.05, 4.69) is 0 Å². The lowest BCUT2D eigenvalue weighted by Crippen LogP contribution is -1.97. The molecule has 0 spiro atoms. The summed E-state index contributed by atoms with van der Waals surface area (Å²) in [6, 6.07) is 8.28. The second-order valence-corrected chi connectivity index (χ2v) is 5.60. The topological polar surface area (TPSA) is 40.5 Å². The molecule has 4 heteroatoms. The fourth-order valence-corrected chi connectivity index (χ4v) is 3.26. The minimum absolute atomic E-state index is 0.0626. The number of rotatable bonds is 1. The standard InChI is InChI=1S/C15H12Cl2O2/c16-8-1-5-13(18)11(7-8)9-2-3-10-12(17)4-6-14(19)15(9)10/h1,4-7,9,18-19H,2-3H2/t9-/m1/s1. The zero-order valence-electron chi connectivity index (χ0n) is 10.0. The fraction of sp³-hybridized carbons (Fsp3) is 0.200. The van der Waals surface area contributed by atoms with Crippen LogP contribution in [0.15, 0.2) is 30.3 Å². The highest BCUT2D eigenvalue weighted by Crippen LogP contribution is 2.47. The largest absolute Gasteiger partial charge is 0.508 e. The van der Waals surface area contributed by atoms with E-state index in [4.69, 9.17) is 23.2 Å². The molecule has 98 valence electrons. The van der Waals surface area contributed by atoms with Crippen LogP contribution in [0.4, 0.5) is 0 Å². The van der Waals surface area contributed by atoms with Crippen molar-refractivity contribution in [3.05, 3.63) is 57.1 Å². The molecular formula is C15H12Cl2O2. The van der Waals surface area contributed by atoms with Crippen LogP contribution in [-0.2, 0) is 6.42 Å². The summed E-state index contributed by atoms with van der Waals surface area (Å²) in [5.74, 6) is 0.357. The molecule has 2 nitrogen and oxygen atoms in total. The Balaban J connectivity index is 2.17. The van der Waals surface area contributed by atoms with E-state index in [-0.39, 0.29) is 17.4 Å². The Hall–Kier alpha value is -1.38. The molecule has 0 fully saturated rings. The lowest BCUT2D eigenvalue weighted by atomic mass is 9.91. The van der Waals surface area contributed by atoms with Gasteiger partial charge < -0.3 is 10.2 Å². The molecule has 3 rings (SSSR count). The summed E-state index contributed by atoms with van der Waals surface area (Å²) in [7, 11) is 0. The molecule has 2 aromatic rings. The van der Waals surface area contributed by atoms with Crippen LogP contribution in [0.1, 0.15) is 29.0 Å². The minimum atomic E-state index is -0.0626. The molecule has 0 saturated heterocycles. The second-order valence-electron chi connectivity index (χ2n) is 4.75. The van der Waals surface area contributed by atoms with E-state index in [0.29, 0.717) is 10.0 Å². The Labute approximate surface area is 121 Å². The summed E-state index contributed by atoms with van der Waals surface area (Å²) in [4.78, 5) is 0. The lowest BCUT2D eigenvalue weighted by molar-refractivity contribution is 0.456. The van der Waals surface area contributed by atoms with Crippen LogP contribution in [0, 0.1) is 0 Å². The zero-order valence-corrected chi connectivity index (χ0v) is 11.5. The fourth-order valence-electron chi connectivity index (χ4n) is 2.82. The first kappa shape index (κ1) is 12.6. The highest BCUT2D eigenvalue weighted by molar-refractivity contribution is 6.31. The van der Waals surface area contributed by atoms with E-state index < -0.39 is 0 Å². The van der Waals surface area contributed by atoms with Gasteiger partial charge in [0.05, 0.1) is 0 Å². The maximum atomic E-state index is 10.1. The summed E-state index contributed by atoms with van der Waals surface area (Å²) < 4.78 is 0. The van der Waals surface area contributed by atoms with Crippen molar-refractivity contribution >= 4 is 23.2 Å². The molecule has 1 aliphatic carbocycles. The predicted octanol–water partition coefficient (Wildman–Crippen LogP) is 4.48. The average molecular weight is 295 g/mol. The van der Waals surface area contributed by atoms with E-state index in [0.717, 1.165) is 29.5 Å². The van der Waals surface area contributed by atoms with Gasteiger partial charge in [-0.25, -0.2) is 0 Å². The summed E-state index contributed by atoms with van der Waals surface area (Å²) in [5, 5.41) is 21.3. The molecule has 1 atom stereocenters. The Morgan fingerprint density at radius 3 is 2.53 bits per heavy atom. The molecule has 2 aromatic carbocycles. The number of phenolic OH excluding ortho intramolecular Hbond substituents is 2. The maximum Gasteiger partial charge on any atom is 0.119 e. The van der Waals surface area contributed by atoms with Gasteiger partial charge in [-0.1, -0.05) is 23.2 Å². The Bertz CT molecular complexity index is 653. The van der Waals surface area contributed by atoms with Crippen molar-refractivity contribution in [2.75, 3.05) is 0 Å². The van der Waals surface area contributed by atoms with Crippen molar-refractivity contribution in [1.82, 2.24) is 0 Å². The molecule has 2 N–H and O–H groups in total. The number of hydrogen-bond acceptors (Lipinski definition) is 2. The molecule has 1 aliphatic rings. The van der Waals surface area contributed by atoms with E-state index in [1.54, 1.807) is 30.3 Å². The third kappa shape index (κ3) is 2.05. The van der Waals surface area contributed by atoms with Crippen LogP contribution in [-0.4, -0.2) is 10.2 Å². The quantitative estimate of drug-likeness (QED) is 0.814. The Kier molecular flexibility index (Phi) is 3.08. The van der Waals surface area contributed by atoms with Crippen molar-refractivity contribution in [3.8, 4) is 11.5 Å². The lowest BCUT2D eigenvalue weighted by Gasteiger charge is -2.15. The van der Waals surface area contributed by atoms with Gasteiger partial charge in [-0.3, -0.25) is 0 Å². The summed E-state index contributed by atoms with van der Waals surface area (Å²) in [5.41, 5.74) is 2.51. The van der Waals surface area contributed by atoms with Crippen LogP contribution in [0.3, 0.4) is 0 Å². The maximum absolute atomic E-state index is 10.1. The molecule has 0 aliphatic heterocycles. The molecule has 0 bridgehead atoms. The molecule has 0 heterocycles. The Morgan fingerprint density at radius 1 is 1.00 bits per heavy atom. The van der Waals surface area contributed by atoms with E-state index in [1.165, 1.54) is 0 Å². The van der Waals surface area contributed by atoms with Crippen LogP contribution in [0.5, 0.6) is 11.5 Å². The van der Waals surface area contributed by atoms with Crippen LogP contribution >= 0.6 is 23.2 Å². The minimum Gasteiger partial charge on any atom is -0.508 e. The van der Waals surface area contributed by atoms with Crippen molar-refractivity contribution in [3.63, 3.8) is 0 Å². The van der Waals surface area contributed by atoms with Crippen molar-refractivity contribution in [2.45, 2.75) is 18.8 Å². The number of aromatic hydroxyl groups is 2. The first-order valence-corrected chi connectivity index (χ1v) is 6.82. The smallest absolute Gasteiger partial charge is 0.119 e. The van der Waals surface area contributed by atoms with Crippen molar-refractivity contribution in [2.24, 2.45) is 0 Å². The van der Waals surface area contributed by atoms with Gasteiger partial charge in [0.15, 0.2) is 0 Å². The zero-order chi connectivity index (χ0) is 13.6. The van der Waals surface area contributed by atoms with Crippen LogP contribution in [0.25, 0.3) is 0 Å². The van der Waals surface area contributed by atoms with Gasteiger partial charge in [0.25, 0.3) is 0 Å². The average Bonchev–Trinajstić information content (AvgIpc) is 2.83. The molecular weight excluding hydrogens is 283 g/mol. The number of hydrogen-bond donors (Lipinski definition) is 2. The monoisotopic (exact) mass is 294 g/mol. The second kappa shape index (κ2) is 4.62. The van der Waals surface area contributed by atoms with Gasteiger partial charge in [0.1, 0.15) is 11.5 Å². The predicted molar refractivity (Wildman–Crippen MR) is 76.4 cm³/mol. The third-order valence-corrected chi connectivity index (χ3v) is 4.26. The van der Waals surface area contributed by atoms with Gasteiger partial charge in [-0.2, -0.15) is 0 Å². The number of halogens is 2. The molecule has 0 radical (unpaired) electrons. The van der Waals surface area contributed by atoms with E-state index in [1.807, 2.05) is 0 Å². The van der Waals surface area contributed by atoms with E-state index >= 15 is 0 Å². The molecule has 0 aromatic heterocycles. The van der Waals surface area contributed by atoms with Gasteiger partial charge in [0.2, 0.25) is 0 Å². The Morgan fingerprint density at radius 2 is 1.74 bits per heavy atom. The number of fused-ring (bicyclic) bond motifs is 1. The third-order valence-electron chi connectivity index (χ3n) is 3.67. The molecule has 0 unspecified atom stereocenters. The highest BCUT2D eigenvalue weighted by Gasteiger charge is 2.30. The molecule has 19 heavy (non-hydrogen) atoms. The molecule has 0 saturated carbocycles. The summed E-state index contributed by atoms with van der Waals surface area (Å²) in [6.07, 6.45) is 1.60.